The molecule has 0 unspecified atom stereocenters. The maximum Gasteiger partial charge on any atom is 0.416 e. The third-order valence-corrected chi connectivity index (χ3v) is 6.31. The maximum absolute atomic E-state index is 13.5. The van der Waals surface area contributed by atoms with Crippen molar-refractivity contribution in [2.24, 2.45) is 0 Å². The molecule has 0 aliphatic carbocycles. The second kappa shape index (κ2) is 9.89. The molecule has 0 saturated carbocycles. The predicted molar refractivity (Wildman–Crippen MR) is 135 cm³/mol. The fourth-order valence-corrected chi connectivity index (χ4v) is 4.53. The number of carbonyl (C=O) groups excluding carboxylic acids is 2. The molecule has 0 atom stereocenters. The van der Waals surface area contributed by atoms with Crippen LogP contribution in [0.4, 0.5) is 24.5 Å². The second-order valence-electron chi connectivity index (χ2n) is 8.67. The molecule has 1 aromatic heterocycles. The lowest BCUT2D eigenvalue weighted by Gasteiger charge is -2.18. The predicted octanol–water partition coefficient (Wildman–Crippen LogP) is 6.15. The van der Waals surface area contributed by atoms with E-state index in [0.717, 1.165) is 17.7 Å². The van der Waals surface area contributed by atoms with E-state index in [1.807, 2.05) is 6.07 Å². The van der Waals surface area contributed by atoms with Crippen molar-refractivity contribution >= 4 is 23.2 Å². The summed E-state index contributed by atoms with van der Waals surface area (Å²) in [5.74, 6) is -0.776. The van der Waals surface area contributed by atoms with Crippen molar-refractivity contribution < 1.29 is 22.8 Å². The van der Waals surface area contributed by atoms with E-state index in [-0.39, 0.29) is 17.9 Å². The standard InChI is InChI=1S/C29H22F3N3O2/c30-29(31,32)20-12-13-22(19-7-2-1-3-8-19)24(17-20)28(37)34-25-10-6-11-26-23(25)14-16-35(26)27(36)18-21-9-4-5-15-33-21/h1-13,15,17H,14,16,18H2,(H,34,37). The van der Waals surface area contributed by atoms with Crippen LogP contribution in [0.1, 0.15) is 27.2 Å². The van der Waals surface area contributed by atoms with E-state index in [9.17, 15) is 22.8 Å². The zero-order valence-corrected chi connectivity index (χ0v) is 19.6. The molecule has 2 heterocycles. The van der Waals surface area contributed by atoms with E-state index in [4.69, 9.17) is 0 Å². The molecule has 5 rings (SSSR count). The fourth-order valence-electron chi connectivity index (χ4n) is 4.53. The highest BCUT2D eigenvalue weighted by Gasteiger charge is 2.32. The maximum atomic E-state index is 13.5. The lowest BCUT2D eigenvalue weighted by molar-refractivity contribution is -0.137. The van der Waals surface area contributed by atoms with Crippen LogP contribution in [0.5, 0.6) is 0 Å². The molecule has 0 bridgehead atoms. The fraction of sp³-hybridized carbons (Fsp3) is 0.138. The number of aromatic nitrogens is 1. The minimum Gasteiger partial charge on any atom is -0.322 e. The Labute approximate surface area is 211 Å². The summed E-state index contributed by atoms with van der Waals surface area (Å²) in [5.41, 5.74) is 2.60. The number of rotatable bonds is 5. The summed E-state index contributed by atoms with van der Waals surface area (Å²) in [6.07, 6.45) is -2.31. The molecular weight excluding hydrogens is 479 g/mol. The molecule has 0 saturated heterocycles. The van der Waals surface area contributed by atoms with Gasteiger partial charge in [-0.3, -0.25) is 14.6 Å². The number of pyridine rings is 1. The number of hydrogen-bond donors (Lipinski definition) is 1. The van der Waals surface area contributed by atoms with Crippen LogP contribution in [0.25, 0.3) is 11.1 Å². The Bertz CT molecular complexity index is 1450. The second-order valence-corrected chi connectivity index (χ2v) is 8.67. The van der Waals surface area contributed by atoms with Gasteiger partial charge in [-0.15, -0.1) is 0 Å². The van der Waals surface area contributed by atoms with Crippen molar-refractivity contribution in [3.63, 3.8) is 0 Å². The van der Waals surface area contributed by atoms with Crippen LogP contribution in [-0.4, -0.2) is 23.3 Å². The van der Waals surface area contributed by atoms with Gasteiger partial charge in [-0.2, -0.15) is 13.2 Å². The van der Waals surface area contributed by atoms with E-state index in [0.29, 0.717) is 41.2 Å². The quantitative estimate of drug-likeness (QED) is 0.357. The first-order chi connectivity index (χ1) is 17.8. The summed E-state index contributed by atoms with van der Waals surface area (Å²) in [5, 5.41) is 2.80. The molecule has 8 heteroatoms. The van der Waals surface area contributed by atoms with Gasteiger partial charge in [-0.05, 0) is 53.9 Å². The van der Waals surface area contributed by atoms with Crippen LogP contribution in [0, 0.1) is 0 Å². The van der Waals surface area contributed by atoms with Crippen LogP contribution in [0.2, 0.25) is 0 Å². The summed E-state index contributed by atoms with van der Waals surface area (Å²) in [6, 6.07) is 22.6. The van der Waals surface area contributed by atoms with E-state index < -0.39 is 17.6 Å². The summed E-state index contributed by atoms with van der Waals surface area (Å²) < 4.78 is 40.4. The third kappa shape index (κ3) is 5.09. The van der Waals surface area contributed by atoms with Gasteiger partial charge < -0.3 is 10.2 Å². The highest BCUT2D eigenvalue weighted by Crippen LogP contribution is 2.36. The highest BCUT2D eigenvalue weighted by molar-refractivity contribution is 6.10. The monoisotopic (exact) mass is 501 g/mol. The van der Waals surface area contributed by atoms with Crippen molar-refractivity contribution in [1.82, 2.24) is 4.98 Å². The number of benzene rings is 3. The molecule has 0 fully saturated rings. The van der Waals surface area contributed by atoms with Gasteiger partial charge in [-0.1, -0.05) is 48.5 Å². The van der Waals surface area contributed by atoms with Gasteiger partial charge in [0.15, 0.2) is 0 Å². The largest absolute Gasteiger partial charge is 0.416 e. The first-order valence-electron chi connectivity index (χ1n) is 11.7. The molecule has 1 N–H and O–H groups in total. The molecular formula is C29H22F3N3O2. The third-order valence-electron chi connectivity index (χ3n) is 6.31. The normalized spacial score (nSPS) is 12.8. The van der Waals surface area contributed by atoms with E-state index in [2.05, 4.69) is 10.3 Å². The van der Waals surface area contributed by atoms with E-state index >= 15 is 0 Å². The lowest BCUT2D eigenvalue weighted by atomic mass is 9.96. The molecule has 0 spiro atoms. The van der Waals surface area contributed by atoms with Crippen LogP contribution < -0.4 is 10.2 Å². The first-order valence-corrected chi connectivity index (χ1v) is 11.7. The minimum atomic E-state index is -4.59. The van der Waals surface area contributed by atoms with Gasteiger partial charge in [-0.25, -0.2) is 0 Å². The Hall–Kier alpha value is -4.46. The molecule has 186 valence electrons. The Morgan fingerprint density at radius 2 is 1.70 bits per heavy atom. The number of nitrogens with zero attached hydrogens (tertiary/aromatic N) is 2. The van der Waals surface area contributed by atoms with E-state index in [1.54, 1.807) is 71.8 Å². The van der Waals surface area contributed by atoms with Crippen molar-refractivity contribution in [3.8, 4) is 11.1 Å². The summed E-state index contributed by atoms with van der Waals surface area (Å²) in [7, 11) is 0. The van der Waals surface area contributed by atoms with Crippen molar-refractivity contribution in [1.29, 1.82) is 0 Å². The summed E-state index contributed by atoms with van der Waals surface area (Å²) >= 11 is 0. The van der Waals surface area contributed by atoms with Gasteiger partial charge >= 0.3 is 6.18 Å². The molecule has 2 amide bonds. The molecule has 1 aliphatic heterocycles. The zero-order valence-electron chi connectivity index (χ0n) is 19.6. The average Bonchev–Trinajstić information content (AvgIpc) is 3.34. The number of halogens is 3. The first kappa shape index (κ1) is 24.2. The van der Waals surface area contributed by atoms with Crippen LogP contribution in [-0.2, 0) is 23.8 Å². The minimum absolute atomic E-state index is 0.0836. The SMILES string of the molecule is O=C(Nc1cccc2c1CCN2C(=O)Cc1ccccn1)c1cc(C(F)(F)F)ccc1-c1ccccc1. The Balaban J connectivity index is 1.45. The number of nitrogens with one attached hydrogen (secondary N) is 1. The van der Waals surface area contributed by atoms with Gasteiger partial charge in [0, 0.05) is 40.9 Å². The van der Waals surface area contributed by atoms with Crippen molar-refractivity contribution in [2.45, 2.75) is 19.0 Å². The molecule has 37 heavy (non-hydrogen) atoms. The van der Waals surface area contributed by atoms with Crippen molar-refractivity contribution in [2.75, 3.05) is 16.8 Å². The summed E-state index contributed by atoms with van der Waals surface area (Å²) in [6.45, 7) is 0.437. The Morgan fingerprint density at radius 3 is 2.43 bits per heavy atom. The van der Waals surface area contributed by atoms with E-state index in [1.165, 1.54) is 6.07 Å². The molecule has 5 nitrogen and oxygen atoms in total. The number of anilines is 2. The highest BCUT2D eigenvalue weighted by atomic mass is 19.4. The van der Waals surface area contributed by atoms with Gasteiger partial charge in [0.1, 0.15) is 0 Å². The van der Waals surface area contributed by atoms with Crippen LogP contribution in [0.15, 0.2) is 91.1 Å². The van der Waals surface area contributed by atoms with Gasteiger partial charge in [0.2, 0.25) is 5.91 Å². The lowest BCUT2D eigenvalue weighted by Crippen LogP contribution is -2.30. The molecule has 0 radical (unpaired) electrons. The molecule has 4 aromatic rings. The molecule has 3 aromatic carbocycles. The number of fused-ring (bicyclic) bond motifs is 1. The smallest absolute Gasteiger partial charge is 0.322 e. The van der Waals surface area contributed by atoms with Crippen molar-refractivity contribution in [3.05, 3.63) is 114 Å². The van der Waals surface area contributed by atoms with Gasteiger partial charge in [0.05, 0.1) is 12.0 Å². The number of carbonyl (C=O) groups is 2. The molecule has 1 aliphatic rings. The number of hydrogen-bond acceptors (Lipinski definition) is 3. The Kier molecular flexibility index (Phi) is 6.48. The number of alkyl halides is 3. The average molecular weight is 502 g/mol. The summed E-state index contributed by atoms with van der Waals surface area (Å²) in [4.78, 5) is 32.2. The zero-order chi connectivity index (χ0) is 26.0. The van der Waals surface area contributed by atoms with Crippen LogP contribution in [0.3, 0.4) is 0 Å². The van der Waals surface area contributed by atoms with Crippen LogP contribution >= 0.6 is 0 Å². The van der Waals surface area contributed by atoms with Gasteiger partial charge in [0.25, 0.3) is 5.91 Å². The number of amides is 2. The Morgan fingerprint density at radius 1 is 0.919 bits per heavy atom. The topological polar surface area (TPSA) is 62.3 Å².